The number of amides is 1. The SMILES string of the molecule is Cc1ccc(C(=O)NC(C)C2CCCCC2)c(Br)c1. The van der Waals surface area contributed by atoms with Crippen molar-refractivity contribution < 1.29 is 4.79 Å². The molecule has 0 spiro atoms. The molecule has 3 heteroatoms. The van der Waals surface area contributed by atoms with E-state index in [4.69, 9.17) is 0 Å². The van der Waals surface area contributed by atoms with Gasteiger partial charge in [0.05, 0.1) is 5.56 Å². The summed E-state index contributed by atoms with van der Waals surface area (Å²) < 4.78 is 0.876. The Morgan fingerprint density at radius 2 is 2.00 bits per heavy atom. The lowest BCUT2D eigenvalue weighted by atomic mass is 9.84. The van der Waals surface area contributed by atoms with Crippen molar-refractivity contribution in [1.82, 2.24) is 5.32 Å². The van der Waals surface area contributed by atoms with Gasteiger partial charge in [-0.1, -0.05) is 25.3 Å². The van der Waals surface area contributed by atoms with E-state index in [1.165, 1.54) is 32.1 Å². The van der Waals surface area contributed by atoms with Crippen molar-refractivity contribution in [3.05, 3.63) is 33.8 Å². The van der Waals surface area contributed by atoms with E-state index in [9.17, 15) is 4.79 Å². The number of carbonyl (C=O) groups excluding carboxylic acids is 1. The van der Waals surface area contributed by atoms with E-state index < -0.39 is 0 Å². The van der Waals surface area contributed by atoms with Crippen LogP contribution in [-0.4, -0.2) is 11.9 Å². The van der Waals surface area contributed by atoms with E-state index in [0.717, 1.165) is 15.6 Å². The van der Waals surface area contributed by atoms with Crippen LogP contribution in [0, 0.1) is 12.8 Å². The molecule has 1 aromatic carbocycles. The molecule has 1 N–H and O–H groups in total. The van der Waals surface area contributed by atoms with Gasteiger partial charge in [0.25, 0.3) is 5.91 Å². The van der Waals surface area contributed by atoms with Gasteiger partial charge in [0, 0.05) is 10.5 Å². The Hall–Kier alpha value is -0.830. The highest BCUT2D eigenvalue weighted by Crippen LogP contribution is 2.27. The van der Waals surface area contributed by atoms with Crippen LogP contribution < -0.4 is 5.32 Å². The van der Waals surface area contributed by atoms with Gasteiger partial charge < -0.3 is 5.32 Å². The van der Waals surface area contributed by atoms with Crippen LogP contribution in [0.2, 0.25) is 0 Å². The van der Waals surface area contributed by atoms with Crippen molar-refractivity contribution in [3.63, 3.8) is 0 Å². The summed E-state index contributed by atoms with van der Waals surface area (Å²) in [6.45, 7) is 4.16. The van der Waals surface area contributed by atoms with E-state index in [-0.39, 0.29) is 11.9 Å². The van der Waals surface area contributed by atoms with E-state index in [0.29, 0.717) is 5.92 Å². The first-order chi connectivity index (χ1) is 9.08. The highest BCUT2D eigenvalue weighted by molar-refractivity contribution is 9.10. The van der Waals surface area contributed by atoms with Gasteiger partial charge in [-0.25, -0.2) is 0 Å². The largest absolute Gasteiger partial charge is 0.349 e. The van der Waals surface area contributed by atoms with Crippen molar-refractivity contribution in [3.8, 4) is 0 Å². The van der Waals surface area contributed by atoms with Gasteiger partial charge in [-0.05, 0) is 66.2 Å². The summed E-state index contributed by atoms with van der Waals surface area (Å²) in [7, 11) is 0. The standard InChI is InChI=1S/C16H22BrNO/c1-11-8-9-14(15(17)10-11)16(19)18-12(2)13-6-4-3-5-7-13/h8-10,12-13H,3-7H2,1-2H3,(H,18,19). The van der Waals surface area contributed by atoms with E-state index in [1.54, 1.807) is 0 Å². The van der Waals surface area contributed by atoms with Crippen LogP contribution in [0.25, 0.3) is 0 Å². The molecule has 2 nitrogen and oxygen atoms in total. The number of nitrogens with one attached hydrogen (secondary N) is 1. The predicted molar refractivity (Wildman–Crippen MR) is 82.4 cm³/mol. The Kier molecular flexibility index (Phi) is 5.03. The molecular formula is C16H22BrNO. The summed E-state index contributed by atoms with van der Waals surface area (Å²) in [5.74, 6) is 0.673. The summed E-state index contributed by atoms with van der Waals surface area (Å²) >= 11 is 3.47. The molecule has 1 aromatic rings. The molecule has 0 heterocycles. The highest BCUT2D eigenvalue weighted by Gasteiger charge is 2.22. The van der Waals surface area contributed by atoms with Gasteiger partial charge in [0.1, 0.15) is 0 Å². The van der Waals surface area contributed by atoms with Crippen LogP contribution in [-0.2, 0) is 0 Å². The van der Waals surface area contributed by atoms with Crippen LogP contribution in [0.5, 0.6) is 0 Å². The Bertz CT molecular complexity index is 452. The molecule has 0 radical (unpaired) electrons. The minimum Gasteiger partial charge on any atom is -0.349 e. The number of aryl methyl sites for hydroxylation is 1. The fourth-order valence-electron chi connectivity index (χ4n) is 2.84. The number of rotatable bonds is 3. The van der Waals surface area contributed by atoms with Crippen LogP contribution in [0.1, 0.15) is 54.9 Å². The molecule has 19 heavy (non-hydrogen) atoms. The quantitative estimate of drug-likeness (QED) is 0.874. The van der Waals surface area contributed by atoms with Gasteiger partial charge in [-0.2, -0.15) is 0 Å². The minimum atomic E-state index is 0.0324. The molecule has 1 fully saturated rings. The normalized spacial score (nSPS) is 18.1. The third-order valence-electron chi connectivity index (χ3n) is 4.08. The molecule has 2 rings (SSSR count). The molecule has 1 aliphatic rings. The Morgan fingerprint density at radius 3 is 2.63 bits per heavy atom. The average Bonchev–Trinajstić information content (AvgIpc) is 2.39. The zero-order valence-electron chi connectivity index (χ0n) is 11.7. The summed E-state index contributed by atoms with van der Waals surface area (Å²) in [5.41, 5.74) is 1.89. The predicted octanol–water partition coefficient (Wildman–Crippen LogP) is 4.46. The Labute approximate surface area is 124 Å². The van der Waals surface area contributed by atoms with Crippen LogP contribution in [0.3, 0.4) is 0 Å². The van der Waals surface area contributed by atoms with Gasteiger partial charge in [0.15, 0.2) is 0 Å². The third kappa shape index (κ3) is 3.82. The maximum atomic E-state index is 12.3. The summed E-state index contributed by atoms with van der Waals surface area (Å²) in [6, 6.07) is 6.12. The molecule has 104 valence electrons. The van der Waals surface area contributed by atoms with Crippen molar-refractivity contribution in [1.29, 1.82) is 0 Å². The topological polar surface area (TPSA) is 29.1 Å². The molecule has 1 saturated carbocycles. The van der Waals surface area contributed by atoms with Gasteiger partial charge in [0.2, 0.25) is 0 Å². The number of benzene rings is 1. The minimum absolute atomic E-state index is 0.0324. The second-order valence-electron chi connectivity index (χ2n) is 5.64. The smallest absolute Gasteiger partial charge is 0.252 e. The van der Waals surface area contributed by atoms with E-state index >= 15 is 0 Å². The molecule has 1 aliphatic carbocycles. The molecule has 1 unspecified atom stereocenters. The van der Waals surface area contributed by atoms with Gasteiger partial charge >= 0.3 is 0 Å². The van der Waals surface area contributed by atoms with E-state index in [1.807, 2.05) is 25.1 Å². The van der Waals surface area contributed by atoms with E-state index in [2.05, 4.69) is 28.2 Å². The van der Waals surface area contributed by atoms with Crippen LogP contribution in [0.15, 0.2) is 22.7 Å². The first-order valence-corrected chi connectivity index (χ1v) is 7.94. The lowest BCUT2D eigenvalue weighted by molar-refractivity contribution is 0.0918. The zero-order chi connectivity index (χ0) is 13.8. The molecule has 0 bridgehead atoms. The van der Waals surface area contributed by atoms with Gasteiger partial charge in [-0.15, -0.1) is 0 Å². The average molecular weight is 324 g/mol. The third-order valence-corrected chi connectivity index (χ3v) is 4.74. The van der Waals surface area contributed by atoms with Crippen LogP contribution >= 0.6 is 15.9 Å². The number of hydrogen-bond acceptors (Lipinski definition) is 1. The molecule has 0 saturated heterocycles. The maximum Gasteiger partial charge on any atom is 0.252 e. The Morgan fingerprint density at radius 1 is 1.32 bits per heavy atom. The van der Waals surface area contributed by atoms with Crippen molar-refractivity contribution in [2.45, 2.75) is 52.0 Å². The molecule has 0 aliphatic heterocycles. The number of hydrogen-bond donors (Lipinski definition) is 1. The first-order valence-electron chi connectivity index (χ1n) is 7.15. The Balaban J connectivity index is 1.99. The lowest BCUT2D eigenvalue weighted by Gasteiger charge is -2.28. The molecule has 0 aromatic heterocycles. The van der Waals surface area contributed by atoms with Crippen molar-refractivity contribution >= 4 is 21.8 Å². The fourth-order valence-corrected chi connectivity index (χ4v) is 3.51. The summed E-state index contributed by atoms with van der Waals surface area (Å²) in [5, 5.41) is 3.16. The van der Waals surface area contributed by atoms with Crippen molar-refractivity contribution in [2.24, 2.45) is 5.92 Å². The second-order valence-corrected chi connectivity index (χ2v) is 6.50. The van der Waals surface area contributed by atoms with Crippen LogP contribution in [0.4, 0.5) is 0 Å². The molecule has 1 amide bonds. The fraction of sp³-hybridized carbons (Fsp3) is 0.562. The number of carbonyl (C=O) groups is 1. The highest BCUT2D eigenvalue weighted by atomic mass is 79.9. The lowest BCUT2D eigenvalue weighted by Crippen LogP contribution is -2.39. The molecule has 1 atom stereocenters. The summed E-state index contributed by atoms with van der Waals surface area (Å²) in [4.78, 5) is 12.3. The monoisotopic (exact) mass is 323 g/mol. The summed E-state index contributed by atoms with van der Waals surface area (Å²) in [6.07, 6.45) is 6.45. The van der Waals surface area contributed by atoms with Gasteiger partial charge in [-0.3, -0.25) is 4.79 Å². The van der Waals surface area contributed by atoms with Crippen molar-refractivity contribution in [2.75, 3.05) is 0 Å². The maximum absolute atomic E-state index is 12.3. The molecular weight excluding hydrogens is 302 g/mol. The first kappa shape index (κ1) is 14.6. The second kappa shape index (κ2) is 6.56. The number of halogens is 1. The zero-order valence-corrected chi connectivity index (χ0v) is 13.3.